The van der Waals surface area contributed by atoms with Crippen molar-refractivity contribution in [2.24, 2.45) is 0 Å². The number of rotatable bonds is 3. The van der Waals surface area contributed by atoms with E-state index in [-0.39, 0.29) is 0 Å². The lowest BCUT2D eigenvalue weighted by atomic mass is 10.2. The van der Waals surface area contributed by atoms with Crippen molar-refractivity contribution in [3.05, 3.63) is 45.9 Å². The fourth-order valence-corrected chi connectivity index (χ4v) is 2.02. The number of thiazole rings is 1. The molecule has 0 aliphatic carbocycles. The Hall–Kier alpha value is -1.61. The van der Waals surface area contributed by atoms with Crippen LogP contribution >= 0.6 is 11.3 Å². The summed E-state index contributed by atoms with van der Waals surface area (Å²) in [6.45, 7) is 2.00. The van der Waals surface area contributed by atoms with Crippen molar-refractivity contribution in [1.29, 1.82) is 0 Å². The molecular weight excluding hydrogens is 218 g/mol. The first-order valence-electron chi connectivity index (χ1n) is 5.02. The van der Waals surface area contributed by atoms with Crippen LogP contribution in [0.5, 0.6) is 5.75 Å². The van der Waals surface area contributed by atoms with Crippen LogP contribution in [0.15, 0.2) is 29.6 Å². The van der Waals surface area contributed by atoms with Crippen molar-refractivity contribution in [2.75, 3.05) is 7.11 Å². The van der Waals surface area contributed by atoms with Crippen LogP contribution in [0.3, 0.4) is 0 Å². The van der Waals surface area contributed by atoms with Crippen LogP contribution in [-0.4, -0.2) is 12.1 Å². The van der Waals surface area contributed by atoms with Gasteiger partial charge in [0.2, 0.25) is 0 Å². The second-order valence-corrected chi connectivity index (χ2v) is 4.32. The molecule has 0 atom stereocenters. The van der Waals surface area contributed by atoms with E-state index >= 15 is 0 Å². The summed E-state index contributed by atoms with van der Waals surface area (Å²) >= 11 is 1.65. The molecule has 1 aromatic carbocycles. The highest BCUT2D eigenvalue weighted by molar-refractivity contribution is 7.10. The molecule has 1 aromatic heterocycles. The number of ether oxygens (including phenoxy) is 1. The van der Waals surface area contributed by atoms with E-state index in [9.17, 15) is 0 Å². The Bertz CT molecular complexity index is 485. The lowest BCUT2D eigenvalue weighted by Gasteiger charge is -1.98. The van der Waals surface area contributed by atoms with Crippen LogP contribution in [0, 0.1) is 6.92 Å². The first-order valence-corrected chi connectivity index (χ1v) is 5.90. The molecule has 0 aliphatic rings. The highest BCUT2D eigenvalue weighted by Crippen LogP contribution is 2.15. The number of aryl methyl sites for hydroxylation is 1. The highest BCUT2D eigenvalue weighted by Gasteiger charge is 1.93. The molecule has 2 nitrogen and oxygen atoms in total. The Morgan fingerprint density at radius 2 is 1.94 bits per heavy atom. The van der Waals surface area contributed by atoms with Gasteiger partial charge in [-0.25, -0.2) is 4.98 Å². The molecule has 0 fully saturated rings. The van der Waals surface area contributed by atoms with Crippen LogP contribution in [0.2, 0.25) is 0 Å². The molecule has 0 unspecified atom stereocenters. The molecule has 16 heavy (non-hydrogen) atoms. The SMILES string of the molecule is COc1ccc(/C=C/c2nc(C)cs2)cc1. The number of methoxy groups -OCH3 is 1. The first kappa shape index (κ1) is 10.9. The van der Waals surface area contributed by atoms with Crippen molar-refractivity contribution < 1.29 is 4.74 Å². The zero-order valence-corrected chi connectivity index (χ0v) is 10.1. The molecule has 0 radical (unpaired) electrons. The quantitative estimate of drug-likeness (QED) is 0.804. The summed E-state index contributed by atoms with van der Waals surface area (Å²) in [5, 5.41) is 3.08. The molecule has 0 N–H and O–H groups in total. The molecule has 82 valence electrons. The number of hydrogen-bond acceptors (Lipinski definition) is 3. The number of nitrogens with zero attached hydrogens (tertiary/aromatic N) is 1. The molecule has 0 amide bonds. The van der Waals surface area contributed by atoms with E-state index < -0.39 is 0 Å². The van der Waals surface area contributed by atoms with Gasteiger partial charge in [0.05, 0.1) is 7.11 Å². The van der Waals surface area contributed by atoms with Crippen LogP contribution in [0.25, 0.3) is 12.2 Å². The summed E-state index contributed by atoms with van der Waals surface area (Å²) in [5.74, 6) is 0.877. The van der Waals surface area contributed by atoms with Gasteiger partial charge in [0.15, 0.2) is 0 Å². The maximum absolute atomic E-state index is 5.10. The number of hydrogen-bond donors (Lipinski definition) is 0. The number of benzene rings is 1. The normalized spacial score (nSPS) is 10.9. The van der Waals surface area contributed by atoms with Crippen LogP contribution < -0.4 is 4.74 Å². The Balaban J connectivity index is 2.11. The van der Waals surface area contributed by atoms with E-state index in [0.717, 1.165) is 22.0 Å². The molecule has 2 aromatic rings. The van der Waals surface area contributed by atoms with Gasteiger partial charge < -0.3 is 4.74 Å². The van der Waals surface area contributed by atoms with Crippen molar-refractivity contribution in [2.45, 2.75) is 6.92 Å². The predicted octanol–water partition coefficient (Wildman–Crippen LogP) is 3.63. The van der Waals surface area contributed by atoms with Gasteiger partial charge in [0, 0.05) is 11.1 Å². The minimum absolute atomic E-state index is 0.877. The minimum atomic E-state index is 0.877. The van der Waals surface area contributed by atoms with Crippen LogP contribution in [0.1, 0.15) is 16.3 Å². The van der Waals surface area contributed by atoms with Crippen molar-refractivity contribution in [1.82, 2.24) is 4.98 Å². The maximum Gasteiger partial charge on any atom is 0.118 e. The van der Waals surface area contributed by atoms with Crippen LogP contribution in [0.4, 0.5) is 0 Å². The second kappa shape index (κ2) is 4.94. The maximum atomic E-state index is 5.10. The second-order valence-electron chi connectivity index (χ2n) is 3.43. The molecule has 1 heterocycles. The third-order valence-corrected chi connectivity index (χ3v) is 3.10. The smallest absolute Gasteiger partial charge is 0.118 e. The minimum Gasteiger partial charge on any atom is -0.497 e. The summed E-state index contributed by atoms with van der Waals surface area (Å²) in [5.41, 5.74) is 2.22. The van der Waals surface area contributed by atoms with Gasteiger partial charge >= 0.3 is 0 Å². The largest absolute Gasteiger partial charge is 0.497 e. The van der Waals surface area contributed by atoms with Crippen molar-refractivity contribution in [3.63, 3.8) is 0 Å². The van der Waals surface area contributed by atoms with Gasteiger partial charge in [-0.2, -0.15) is 0 Å². The topological polar surface area (TPSA) is 22.1 Å². The van der Waals surface area contributed by atoms with E-state index in [0.29, 0.717) is 0 Å². The van der Waals surface area contributed by atoms with Crippen LogP contribution in [-0.2, 0) is 0 Å². The molecule has 3 heteroatoms. The standard InChI is InChI=1S/C13H13NOS/c1-10-9-16-13(14-10)8-5-11-3-6-12(15-2)7-4-11/h3-9H,1-2H3/b8-5+. The summed E-state index contributed by atoms with van der Waals surface area (Å²) in [6, 6.07) is 7.95. The van der Waals surface area contributed by atoms with E-state index in [4.69, 9.17) is 4.74 Å². The van der Waals surface area contributed by atoms with Gasteiger partial charge in [-0.05, 0) is 30.7 Å². The molecule has 0 spiro atoms. The summed E-state index contributed by atoms with van der Waals surface area (Å²) in [7, 11) is 1.67. The summed E-state index contributed by atoms with van der Waals surface area (Å²) in [4.78, 5) is 4.37. The third kappa shape index (κ3) is 2.70. The zero-order chi connectivity index (χ0) is 11.4. The Labute approximate surface area is 99.2 Å². The molecule has 0 aliphatic heterocycles. The lowest BCUT2D eigenvalue weighted by molar-refractivity contribution is 0.415. The average molecular weight is 231 g/mol. The molecular formula is C13H13NOS. The van der Waals surface area contributed by atoms with Gasteiger partial charge in [0.25, 0.3) is 0 Å². The average Bonchev–Trinajstić information content (AvgIpc) is 2.73. The van der Waals surface area contributed by atoms with Gasteiger partial charge in [0.1, 0.15) is 10.8 Å². The van der Waals surface area contributed by atoms with E-state index in [1.54, 1.807) is 18.4 Å². The molecule has 0 saturated carbocycles. The molecule has 0 saturated heterocycles. The van der Waals surface area contributed by atoms with Gasteiger partial charge in [-0.1, -0.05) is 18.2 Å². The summed E-state index contributed by atoms with van der Waals surface area (Å²) < 4.78 is 5.10. The Morgan fingerprint density at radius 3 is 2.50 bits per heavy atom. The predicted molar refractivity (Wildman–Crippen MR) is 68.8 cm³/mol. The Morgan fingerprint density at radius 1 is 1.19 bits per heavy atom. The van der Waals surface area contributed by atoms with E-state index in [1.165, 1.54) is 0 Å². The van der Waals surface area contributed by atoms with E-state index in [1.807, 2.05) is 42.6 Å². The summed E-state index contributed by atoms with van der Waals surface area (Å²) in [6.07, 6.45) is 4.08. The number of aromatic nitrogens is 1. The zero-order valence-electron chi connectivity index (χ0n) is 9.31. The Kier molecular flexibility index (Phi) is 3.37. The van der Waals surface area contributed by atoms with E-state index in [2.05, 4.69) is 11.1 Å². The highest BCUT2D eigenvalue weighted by atomic mass is 32.1. The third-order valence-electron chi connectivity index (χ3n) is 2.17. The fourth-order valence-electron chi connectivity index (χ4n) is 1.33. The van der Waals surface area contributed by atoms with Crippen molar-refractivity contribution in [3.8, 4) is 5.75 Å². The lowest BCUT2D eigenvalue weighted by Crippen LogP contribution is -1.81. The molecule has 0 bridgehead atoms. The fraction of sp³-hybridized carbons (Fsp3) is 0.154. The van der Waals surface area contributed by atoms with Gasteiger partial charge in [-0.15, -0.1) is 11.3 Å². The van der Waals surface area contributed by atoms with Gasteiger partial charge in [-0.3, -0.25) is 0 Å². The first-order chi connectivity index (χ1) is 7.78. The molecule has 2 rings (SSSR count). The van der Waals surface area contributed by atoms with Crippen molar-refractivity contribution >= 4 is 23.5 Å². The monoisotopic (exact) mass is 231 g/mol.